The van der Waals surface area contributed by atoms with Gasteiger partial charge in [0.1, 0.15) is 23.9 Å². The van der Waals surface area contributed by atoms with E-state index in [1.165, 1.54) is 12.1 Å². The van der Waals surface area contributed by atoms with Crippen LogP contribution in [0.3, 0.4) is 0 Å². The highest BCUT2D eigenvalue weighted by Gasteiger charge is 2.09. The molecular weight excluding hydrogens is 269 g/mol. The summed E-state index contributed by atoms with van der Waals surface area (Å²) in [6.07, 6.45) is 1.98. The number of phenolic OH excluding ortho intramolecular Hbond substituents is 1. The Bertz CT molecular complexity index is 780. The SMILES string of the molecule is CCn1cc(COc2cccc(O)c2)c2ccc(F)cc21. The summed E-state index contributed by atoms with van der Waals surface area (Å²) in [5, 5.41) is 10.4. The Labute approximate surface area is 122 Å². The fourth-order valence-electron chi connectivity index (χ4n) is 2.45. The maximum absolute atomic E-state index is 13.4. The maximum atomic E-state index is 13.4. The molecule has 1 aromatic heterocycles. The van der Waals surface area contributed by atoms with Crippen molar-refractivity contribution in [3.8, 4) is 11.5 Å². The average molecular weight is 285 g/mol. The Balaban J connectivity index is 1.90. The number of rotatable bonds is 4. The van der Waals surface area contributed by atoms with E-state index in [0.29, 0.717) is 12.4 Å². The third-order valence-electron chi connectivity index (χ3n) is 3.48. The highest BCUT2D eigenvalue weighted by molar-refractivity contribution is 5.84. The minimum atomic E-state index is -0.240. The maximum Gasteiger partial charge on any atom is 0.125 e. The summed E-state index contributed by atoms with van der Waals surface area (Å²) in [7, 11) is 0. The van der Waals surface area contributed by atoms with Crippen molar-refractivity contribution < 1.29 is 14.2 Å². The van der Waals surface area contributed by atoms with Crippen molar-refractivity contribution in [3.05, 3.63) is 60.0 Å². The molecule has 3 rings (SSSR count). The summed E-state index contributed by atoms with van der Waals surface area (Å²) in [4.78, 5) is 0. The molecule has 0 saturated heterocycles. The number of hydrogen-bond donors (Lipinski definition) is 1. The van der Waals surface area contributed by atoms with E-state index >= 15 is 0 Å². The number of aromatic hydroxyl groups is 1. The zero-order valence-corrected chi connectivity index (χ0v) is 11.7. The zero-order valence-electron chi connectivity index (χ0n) is 11.7. The molecule has 1 heterocycles. The van der Waals surface area contributed by atoms with Gasteiger partial charge in [0.25, 0.3) is 0 Å². The Hall–Kier alpha value is -2.49. The first-order valence-electron chi connectivity index (χ1n) is 6.86. The van der Waals surface area contributed by atoms with Crippen molar-refractivity contribution in [2.24, 2.45) is 0 Å². The molecule has 0 amide bonds. The third-order valence-corrected chi connectivity index (χ3v) is 3.48. The minimum Gasteiger partial charge on any atom is -0.508 e. The predicted molar refractivity (Wildman–Crippen MR) is 80.0 cm³/mol. The lowest BCUT2D eigenvalue weighted by Gasteiger charge is -2.05. The molecule has 0 radical (unpaired) electrons. The smallest absolute Gasteiger partial charge is 0.125 e. The highest BCUT2D eigenvalue weighted by Crippen LogP contribution is 2.25. The van der Waals surface area contributed by atoms with Crippen molar-refractivity contribution in [2.75, 3.05) is 0 Å². The lowest BCUT2D eigenvalue weighted by Crippen LogP contribution is -1.95. The van der Waals surface area contributed by atoms with E-state index in [1.807, 2.05) is 17.7 Å². The van der Waals surface area contributed by atoms with Crippen molar-refractivity contribution >= 4 is 10.9 Å². The van der Waals surface area contributed by atoms with Gasteiger partial charge in [-0.25, -0.2) is 4.39 Å². The summed E-state index contributed by atoms with van der Waals surface area (Å²) < 4.78 is 21.1. The summed E-state index contributed by atoms with van der Waals surface area (Å²) in [5.41, 5.74) is 1.86. The van der Waals surface area contributed by atoms with Gasteiger partial charge in [-0.3, -0.25) is 0 Å². The topological polar surface area (TPSA) is 34.4 Å². The van der Waals surface area contributed by atoms with E-state index in [1.54, 1.807) is 30.3 Å². The molecule has 0 spiro atoms. The second-order valence-electron chi connectivity index (χ2n) is 4.89. The van der Waals surface area contributed by atoms with Crippen LogP contribution in [0.25, 0.3) is 10.9 Å². The number of hydrogen-bond acceptors (Lipinski definition) is 2. The Morgan fingerprint density at radius 1 is 1.19 bits per heavy atom. The van der Waals surface area contributed by atoms with Crippen LogP contribution in [0.1, 0.15) is 12.5 Å². The van der Waals surface area contributed by atoms with Crippen LogP contribution in [0, 0.1) is 5.82 Å². The third kappa shape index (κ3) is 2.70. The van der Waals surface area contributed by atoms with Gasteiger partial charge in [-0.2, -0.15) is 0 Å². The quantitative estimate of drug-likeness (QED) is 0.783. The molecule has 0 aliphatic carbocycles. The summed E-state index contributed by atoms with van der Waals surface area (Å²) in [6, 6.07) is 11.5. The number of aromatic nitrogens is 1. The van der Waals surface area contributed by atoms with Crippen molar-refractivity contribution in [2.45, 2.75) is 20.1 Å². The van der Waals surface area contributed by atoms with Crippen LogP contribution in [0.4, 0.5) is 4.39 Å². The number of benzene rings is 2. The fourth-order valence-corrected chi connectivity index (χ4v) is 2.45. The molecule has 3 aromatic rings. The minimum absolute atomic E-state index is 0.172. The largest absolute Gasteiger partial charge is 0.508 e. The molecule has 21 heavy (non-hydrogen) atoms. The van der Waals surface area contributed by atoms with E-state index in [-0.39, 0.29) is 11.6 Å². The van der Waals surface area contributed by atoms with E-state index in [0.717, 1.165) is 23.0 Å². The molecule has 0 atom stereocenters. The van der Waals surface area contributed by atoms with E-state index in [9.17, 15) is 9.50 Å². The molecule has 0 aliphatic heterocycles. The Kier molecular flexibility index (Phi) is 3.52. The lowest BCUT2D eigenvalue weighted by atomic mass is 10.2. The molecule has 108 valence electrons. The van der Waals surface area contributed by atoms with Gasteiger partial charge in [0, 0.05) is 29.8 Å². The van der Waals surface area contributed by atoms with Crippen LogP contribution >= 0.6 is 0 Å². The molecule has 0 unspecified atom stereocenters. The number of ether oxygens (including phenoxy) is 1. The normalized spacial score (nSPS) is 11.0. The standard InChI is InChI=1S/C17H16FNO2/c1-2-19-10-12(16-7-6-13(18)8-17(16)19)11-21-15-5-3-4-14(20)9-15/h3-10,20H,2,11H2,1H3. The number of aryl methyl sites for hydroxylation is 1. The number of halogens is 1. The van der Waals surface area contributed by atoms with E-state index in [2.05, 4.69) is 0 Å². The predicted octanol–water partition coefficient (Wildman–Crippen LogP) is 4.08. The highest BCUT2D eigenvalue weighted by atomic mass is 19.1. The molecule has 0 saturated carbocycles. The molecule has 0 aliphatic rings. The van der Waals surface area contributed by atoms with Gasteiger partial charge < -0.3 is 14.4 Å². The Morgan fingerprint density at radius 3 is 2.81 bits per heavy atom. The van der Waals surface area contributed by atoms with Crippen LogP contribution in [-0.4, -0.2) is 9.67 Å². The van der Waals surface area contributed by atoms with Gasteiger partial charge in [0.2, 0.25) is 0 Å². The first-order chi connectivity index (χ1) is 10.2. The van der Waals surface area contributed by atoms with Crippen molar-refractivity contribution in [3.63, 3.8) is 0 Å². The summed E-state index contributed by atoms with van der Waals surface area (Å²) in [5.74, 6) is 0.538. The first-order valence-corrected chi connectivity index (χ1v) is 6.86. The number of phenols is 1. The van der Waals surface area contributed by atoms with Crippen LogP contribution in [0.5, 0.6) is 11.5 Å². The zero-order chi connectivity index (χ0) is 14.8. The molecular formula is C17H16FNO2. The van der Waals surface area contributed by atoms with E-state index in [4.69, 9.17) is 4.74 Å². The van der Waals surface area contributed by atoms with Gasteiger partial charge in [0.05, 0.1) is 5.52 Å². The lowest BCUT2D eigenvalue weighted by molar-refractivity contribution is 0.305. The molecule has 0 fully saturated rings. The fraction of sp³-hybridized carbons (Fsp3) is 0.176. The molecule has 2 aromatic carbocycles. The van der Waals surface area contributed by atoms with E-state index < -0.39 is 0 Å². The summed E-state index contributed by atoms with van der Waals surface area (Å²) in [6.45, 7) is 3.16. The second-order valence-corrected chi connectivity index (χ2v) is 4.89. The summed E-state index contributed by atoms with van der Waals surface area (Å²) >= 11 is 0. The Morgan fingerprint density at radius 2 is 2.05 bits per heavy atom. The average Bonchev–Trinajstić information content (AvgIpc) is 2.82. The van der Waals surface area contributed by atoms with Crippen LogP contribution < -0.4 is 4.74 Å². The van der Waals surface area contributed by atoms with Gasteiger partial charge in [-0.15, -0.1) is 0 Å². The van der Waals surface area contributed by atoms with Crippen LogP contribution in [-0.2, 0) is 13.2 Å². The first kappa shape index (κ1) is 13.5. The molecule has 0 bridgehead atoms. The number of nitrogens with zero attached hydrogens (tertiary/aromatic N) is 1. The van der Waals surface area contributed by atoms with Gasteiger partial charge in [-0.05, 0) is 37.3 Å². The second kappa shape index (κ2) is 5.48. The molecule has 1 N–H and O–H groups in total. The van der Waals surface area contributed by atoms with Crippen LogP contribution in [0.15, 0.2) is 48.7 Å². The molecule has 3 nitrogen and oxygen atoms in total. The van der Waals surface area contributed by atoms with Crippen LogP contribution in [0.2, 0.25) is 0 Å². The van der Waals surface area contributed by atoms with Gasteiger partial charge in [-0.1, -0.05) is 6.07 Å². The van der Waals surface area contributed by atoms with Crippen molar-refractivity contribution in [1.82, 2.24) is 4.57 Å². The number of fused-ring (bicyclic) bond motifs is 1. The molecule has 4 heteroatoms. The monoisotopic (exact) mass is 285 g/mol. The van der Waals surface area contributed by atoms with Gasteiger partial charge >= 0.3 is 0 Å². The van der Waals surface area contributed by atoms with Crippen molar-refractivity contribution in [1.29, 1.82) is 0 Å². The van der Waals surface area contributed by atoms with Gasteiger partial charge in [0.15, 0.2) is 0 Å².